The highest BCUT2D eigenvalue weighted by atomic mass is 35.5. The third-order valence-electron chi connectivity index (χ3n) is 5.60. The van der Waals surface area contributed by atoms with Crippen LogP contribution < -0.4 is 0 Å². The van der Waals surface area contributed by atoms with Crippen molar-refractivity contribution in [2.75, 3.05) is 0 Å². The van der Waals surface area contributed by atoms with E-state index in [1.807, 2.05) is 30.3 Å². The molecule has 142 valence electrons. The molecule has 2 aromatic heterocycles. The molecule has 0 N–H and O–H groups in total. The van der Waals surface area contributed by atoms with Crippen LogP contribution in [0.15, 0.2) is 97.1 Å². The fraction of sp³-hybridized carbons (Fsp3) is 0. The highest BCUT2D eigenvalue weighted by Crippen LogP contribution is 2.36. The Kier molecular flexibility index (Phi) is 3.83. The van der Waals surface area contributed by atoms with Crippen LogP contribution in [0.25, 0.3) is 49.5 Å². The summed E-state index contributed by atoms with van der Waals surface area (Å²) in [6, 6.07) is 33.5. The van der Waals surface area contributed by atoms with Gasteiger partial charge in [-0.1, -0.05) is 84.4 Å². The van der Waals surface area contributed by atoms with Gasteiger partial charge in [-0.15, -0.1) is 10.2 Å². The molecule has 0 radical (unpaired) electrons. The molecule has 30 heavy (non-hydrogen) atoms. The van der Waals surface area contributed by atoms with Crippen LogP contribution in [0.1, 0.15) is 0 Å². The smallest absolute Gasteiger partial charge is 0.159 e. The summed E-state index contributed by atoms with van der Waals surface area (Å²) in [4.78, 5) is 0. The molecular weight excluding hydrogens is 390 g/mol. The predicted molar refractivity (Wildman–Crippen MR) is 124 cm³/mol. The Morgan fingerprint density at radius 1 is 0.567 bits per heavy atom. The first-order chi connectivity index (χ1) is 14.8. The second kappa shape index (κ2) is 6.68. The van der Waals surface area contributed by atoms with Crippen LogP contribution in [0.2, 0.25) is 5.15 Å². The molecule has 4 aromatic carbocycles. The molecule has 0 unspecified atom stereocenters. The normalized spacial score (nSPS) is 11.5. The van der Waals surface area contributed by atoms with Crippen molar-refractivity contribution in [3.63, 3.8) is 0 Å². The fourth-order valence-corrected chi connectivity index (χ4v) is 4.46. The summed E-state index contributed by atoms with van der Waals surface area (Å²) in [6.07, 6.45) is 0. The van der Waals surface area contributed by atoms with Gasteiger partial charge in [-0.2, -0.15) is 0 Å². The van der Waals surface area contributed by atoms with E-state index in [0.29, 0.717) is 5.15 Å². The minimum atomic E-state index is 0.425. The van der Waals surface area contributed by atoms with Crippen LogP contribution >= 0.6 is 11.6 Å². The molecule has 0 aliphatic heterocycles. The molecule has 3 nitrogen and oxygen atoms in total. The van der Waals surface area contributed by atoms with E-state index in [1.165, 1.54) is 16.3 Å². The molecule has 6 aromatic rings. The number of aromatic nitrogens is 3. The van der Waals surface area contributed by atoms with E-state index in [1.54, 1.807) is 0 Å². The van der Waals surface area contributed by atoms with Gasteiger partial charge < -0.3 is 4.57 Å². The van der Waals surface area contributed by atoms with E-state index in [2.05, 4.69) is 81.5 Å². The van der Waals surface area contributed by atoms with Crippen molar-refractivity contribution in [1.29, 1.82) is 0 Å². The summed E-state index contributed by atoms with van der Waals surface area (Å²) in [6.45, 7) is 0. The molecule has 0 saturated heterocycles. The zero-order valence-corrected chi connectivity index (χ0v) is 16.7. The van der Waals surface area contributed by atoms with Crippen molar-refractivity contribution >= 4 is 44.2 Å². The molecular formula is C26H16ClN3. The number of benzene rings is 4. The first-order valence-corrected chi connectivity index (χ1v) is 10.2. The van der Waals surface area contributed by atoms with Crippen molar-refractivity contribution < 1.29 is 0 Å². The van der Waals surface area contributed by atoms with E-state index in [0.717, 1.165) is 33.2 Å². The zero-order chi connectivity index (χ0) is 20.1. The summed E-state index contributed by atoms with van der Waals surface area (Å²) < 4.78 is 2.31. The van der Waals surface area contributed by atoms with Crippen LogP contribution in [-0.4, -0.2) is 14.8 Å². The molecule has 2 heterocycles. The van der Waals surface area contributed by atoms with Gasteiger partial charge in [-0.25, -0.2) is 0 Å². The van der Waals surface area contributed by atoms with E-state index >= 15 is 0 Å². The Morgan fingerprint density at radius 3 is 2.07 bits per heavy atom. The van der Waals surface area contributed by atoms with Crippen LogP contribution in [0, 0.1) is 0 Å². The molecule has 6 rings (SSSR count). The van der Waals surface area contributed by atoms with E-state index in [4.69, 9.17) is 11.6 Å². The molecule has 0 bridgehead atoms. The summed E-state index contributed by atoms with van der Waals surface area (Å²) in [5.74, 6) is 0. The van der Waals surface area contributed by atoms with Crippen molar-refractivity contribution in [3.05, 3.63) is 102 Å². The van der Waals surface area contributed by atoms with Gasteiger partial charge >= 0.3 is 0 Å². The molecule has 0 spiro atoms. The second-order valence-corrected chi connectivity index (χ2v) is 7.66. The van der Waals surface area contributed by atoms with Gasteiger partial charge in [-0.05, 0) is 24.3 Å². The highest BCUT2D eigenvalue weighted by Gasteiger charge is 2.15. The van der Waals surface area contributed by atoms with Crippen LogP contribution in [-0.2, 0) is 0 Å². The quantitative estimate of drug-likeness (QED) is 0.309. The number of hydrogen-bond acceptors (Lipinski definition) is 2. The SMILES string of the molecule is Clc1nnc(-c2ccc3c4ccccc4n(-c4ccccc4)c3c2)c2ccccc12. The fourth-order valence-electron chi connectivity index (χ4n) is 4.26. The first-order valence-electron chi connectivity index (χ1n) is 9.81. The Labute approximate surface area is 178 Å². The van der Waals surface area contributed by atoms with Crippen molar-refractivity contribution in [2.45, 2.75) is 0 Å². The molecule has 0 fully saturated rings. The predicted octanol–water partition coefficient (Wildman–Crippen LogP) is 7.05. The van der Waals surface area contributed by atoms with Gasteiger partial charge in [-0.3, -0.25) is 0 Å². The van der Waals surface area contributed by atoms with Crippen LogP contribution in [0.3, 0.4) is 0 Å². The molecule has 0 atom stereocenters. The minimum absolute atomic E-state index is 0.425. The van der Waals surface area contributed by atoms with Crippen LogP contribution in [0.5, 0.6) is 0 Å². The summed E-state index contributed by atoms with van der Waals surface area (Å²) in [5, 5.41) is 13.4. The Hall–Kier alpha value is -3.69. The maximum atomic E-state index is 6.29. The standard InChI is InChI=1S/C26H16ClN3/c27-26-22-12-5-4-11-21(22)25(28-29-26)17-14-15-20-19-10-6-7-13-23(19)30(24(20)16-17)18-8-2-1-3-9-18/h1-16H. The lowest BCUT2D eigenvalue weighted by atomic mass is 10.0. The lowest BCUT2D eigenvalue weighted by molar-refractivity contribution is 1.06. The summed E-state index contributed by atoms with van der Waals surface area (Å²) >= 11 is 6.29. The van der Waals surface area contributed by atoms with Gasteiger partial charge in [0.25, 0.3) is 0 Å². The Bertz CT molecular complexity index is 1550. The molecule has 4 heteroatoms. The van der Waals surface area contributed by atoms with E-state index in [9.17, 15) is 0 Å². The lowest BCUT2D eigenvalue weighted by Crippen LogP contribution is -1.94. The van der Waals surface area contributed by atoms with Gasteiger partial charge in [0.2, 0.25) is 0 Å². The largest absolute Gasteiger partial charge is 0.309 e. The summed E-state index contributed by atoms with van der Waals surface area (Å²) in [7, 11) is 0. The molecule has 0 amide bonds. The number of rotatable bonds is 2. The third kappa shape index (κ3) is 2.53. The van der Waals surface area contributed by atoms with Crippen molar-refractivity contribution in [3.8, 4) is 16.9 Å². The Morgan fingerprint density at radius 2 is 1.23 bits per heavy atom. The topological polar surface area (TPSA) is 30.7 Å². The molecule has 0 saturated carbocycles. The Balaban J connectivity index is 1.70. The van der Waals surface area contributed by atoms with Gasteiger partial charge in [0.15, 0.2) is 5.15 Å². The lowest BCUT2D eigenvalue weighted by Gasteiger charge is -2.09. The van der Waals surface area contributed by atoms with Crippen molar-refractivity contribution in [1.82, 2.24) is 14.8 Å². The third-order valence-corrected chi connectivity index (χ3v) is 5.88. The van der Waals surface area contributed by atoms with E-state index < -0.39 is 0 Å². The maximum absolute atomic E-state index is 6.29. The van der Waals surface area contributed by atoms with Gasteiger partial charge in [0.1, 0.15) is 5.69 Å². The average Bonchev–Trinajstić information content (AvgIpc) is 3.14. The highest BCUT2D eigenvalue weighted by molar-refractivity contribution is 6.34. The van der Waals surface area contributed by atoms with Crippen LogP contribution in [0.4, 0.5) is 0 Å². The number of para-hydroxylation sites is 2. The van der Waals surface area contributed by atoms with E-state index in [-0.39, 0.29) is 0 Å². The van der Waals surface area contributed by atoms with Gasteiger partial charge in [0.05, 0.1) is 11.0 Å². The molecule has 0 aliphatic carbocycles. The molecule has 0 aliphatic rings. The summed E-state index contributed by atoms with van der Waals surface area (Å²) in [5.41, 5.74) is 5.31. The first kappa shape index (κ1) is 17.2. The zero-order valence-electron chi connectivity index (χ0n) is 16.0. The number of nitrogens with zero attached hydrogens (tertiary/aromatic N) is 3. The number of fused-ring (bicyclic) bond motifs is 4. The second-order valence-electron chi connectivity index (χ2n) is 7.31. The number of hydrogen-bond donors (Lipinski definition) is 0. The van der Waals surface area contributed by atoms with Crippen molar-refractivity contribution in [2.24, 2.45) is 0 Å². The maximum Gasteiger partial charge on any atom is 0.159 e. The average molecular weight is 406 g/mol. The monoisotopic (exact) mass is 405 g/mol. The number of halogens is 1. The minimum Gasteiger partial charge on any atom is -0.309 e. The van der Waals surface area contributed by atoms with Gasteiger partial charge in [0, 0.05) is 32.8 Å².